The van der Waals surface area contributed by atoms with Crippen molar-refractivity contribution in [1.29, 1.82) is 0 Å². The molecule has 2 aromatic carbocycles. The number of rotatable bonds is 6. The molecule has 0 aliphatic carbocycles. The number of ether oxygens (including phenoxy) is 3. The Morgan fingerprint density at radius 2 is 1.69 bits per heavy atom. The molecule has 1 aromatic heterocycles. The number of allylic oxidation sites excluding steroid dienone is 1. The van der Waals surface area contributed by atoms with Crippen LogP contribution < -0.4 is 24.4 Å². The summed E-state index contributed by atoms with van der Waals surface area (Å²) in [7, 11) is 1.58. The zero-order valence-electron chi connectivity index (χ0n) is 20.6. The number of carbonyl (C=O) groups is 2. The van der Waals surface area contributed by atoms with Crippen LogP contribution in [0.25, 0.3) is 6.08 Å². The summed E-state index contributed by atoms with van der Waals surface area (Å²) in [6, 6.07) is 13.4. The topological polar surface area (TPSA) is 96.2 Å². The van der Waals surface area contributed by atoms with Crippen LogP contribution in [-0.4, -0.2) is 29.7 Å². The average Bonchev–Trinajstić information content (AvgIpc) is 3.13. The monoisotopic (exact) mass is 506 g/mol. The van der Waals surface area contributed by atoms with Crippen molar-refractivity contribution < 1.29 is 23.8 Å². The van der Waals surface area contributed by atoms with Gasteiger partial charge in [-0.1, -0.05) is 35.6 Å². The molecule has 0 fully saturated rings. The van der Waals surface area contributed by atoms with E-state index in [1.54, 1.807) is 70.4 Å². The van der Waals surface area contributed by atoms with Crippen molar-refractivity contribution in [2.24, 2.45) is 4.99 Å². The lowest BCUT2D eigenvalue weighted by atomic mass is 9.96. The molecule has 9 heteroatoms. The number of hydrogen-bond donors (Lipinski definition) is 0. The van der Waals surface area contributed by atoms with Crippen LogP contribution in [-0.2, 0) is 14.3 Å². The summed E-state index contributed by atoms with van der Waals surface area (Å²) in [5, 5.41) is 0. The van der Waals surface area contributed by atoms with Crippen molar-refractivity contribution in [2.75, 3.05) is 7.11 Å². The summed E-state index contributed by atoms with van der Waals surface area (Å²) in [5.41, 5.74) is 2.04. The minimum atomic E-state index is -0.702. The Morgan fingerprint density at radius 3 is 2.28 bits per heavy atom. The van der Waals surface area contributed by atoms with Crippen LogP contribution in [0, 0.1) is 0 Å². The van der Waals surface area contributed by atoms with Gasteiger partial charge in [0.05, 0.1) is 35.1 Å². The highest BCUT2D eigenvalue weighted by atomic mass is 32.1. The molecule has 0 unspecified atom stereocenters. The Hall–Kier alpha value is -3.98. The molecule has 186 valence electrons. The summed E-state index contributed by atoms with van der Waals surface area (Å²) < 4.78 is 17.9. The minimum Gasteiger partial charge on any atom is -0.497 e. The van der Waals surface area contributed by atoms with E-state index in [2.05, 4.69) is 4.99 Å². The molecule has 1 aliphatic heterocycles. The number of thiazole rings is 1. The molecule has 3 aromatic rings. The van der Waals surface area contributed by atoms with Crippen molar-refractivity contribution >= 4 is 29.4 Å². The molecule has 0 amide bonds. The van der Waals surface area contributed by atoms with Crippen LogP contribution in [0.5, 0.6) is 11.5 Å². The number of carbonyl (C=O) groups excluding carboxylic acids is 2. The summed E-state index contributed by atoms with van der Waals surface area (Å²) in [4.78, 5) is 43.0. The lowest BCUT2D eigenvalue weighted by molar-refractivity contribution is -0.143. The van der Waals surface area contributed by atoms with E-state index >= 15 is 0 Å². The van der Waals surface area contributed by atoms with E-state index in [0.717, 1.165) is 11.1 Å². The number of benzene rings is 2. The lowest BCUT2D eigenvalue weighted by Crippen LogP contribution is -2.40. The zero-order chi connectivity index (χ0) is 26.0. The first kappa shape index (κ1) is 25.1. The summed E-state index contributed by atoms with van der Waals surface area (Å²) in [6.45, 7) is 6.63. The van der Waals surface area contributed by atoms with Crippen molar-refractivity contribution in [2.45, 2.75) is 39.8 Å². The van der Waals surface area contributed by atoms with E-state index in [4.69, 9.17) is 14.2 Å². The SMILES string of the molecule is COc1ccc([C@@H]2C(C(=O)OC(C)C)=C(C)N=c3s/c(=C\c4ccc(OC(C)=O)cc4)c(=O)n32)cc1. The molecule has 0 spiro atoms. The molecule has 0 saturated carbocycles. The minimum absolute atomic E-state index is 0.272. The normalized spacial score (nSPS) is 15.4. The number of aromatic nitrogens is 1. The van der Waals surface area contributed by atoms with E-state index in [1.807, 2.05) is 12.1 Å². The largest absolute Gasteiger partial charge is 0.497 e. The van der Waals surface area contributed by atoms with Crippen LogP contribution in [0.1, 0.15) is 44.9 Å². The third kappa shape index (κ3) is 5.16. The third-order valence-electron chi connectivity index (χ3n) is 5.46. The molecule has 0 radical (unpaired) electrons. The molecule has 0 saturated heterocycles. The highest BCUT2D eigenvalue weighted by molar-refractivity contribution is 7.07. The van der Waals surface area contributed by atoms with Crippen LogP contribution in [0.2, 0.25) is 0 Å². The number of esters is 2. The lowest BCUT2D eigenvalue weighted by Gasteiger charge is -2.25. The van der Waals surface area contributed by atoms with Crippen LogP contribution in [0.3, 0.4) is 0 Å². The van der Waals surface area contributed by atoms with Gasteiger partial charge in [-0.3, -0.25) is 14.2 Å². The first-order chi connectivity index (χ1) is 17.2. The van der Waals surface area contributed by atoms with Gasteiger partial charge in [-0.15, -0.1) is 0 Å². The molecular weight excluding hydrogens is 480 g/mol. The number of nitrogens with zero attached hydrogens (tertiary/aromatic N) is 2. The first-order valence-corrected chi connectivity index (χ1v) is 12.2. The van der Waals surface area contributed by atoms with Gasteiger partial charge in [-0.25, -0.2) is 9.79 Å². The maximum absolute atomic E-state index is 13.6. The highest BCUT2D eigenvalue weighted by Gasteiger charge is 2.33. The smallest absolute Gasteiger partial charge is 0.338 e. The van der Waals surface area contributed by atoms with Crippen molar-refractivity contribution in [3.05, 3.63) is 90.6 Å². The number of hydrogen-bond acceptors (Lipinski definition) is 8. The fraction of sp³-hybridized carbons (Fsp3) is 0.259. The molecule has 2 heterocycles. The van der Waals surface area contributed by atoms with Gasteiger partial charge in [-0.05, 0) is 62.2 Å². The predicted molar refractivity (Wildman–Crippen MR) is 136 cm³/mol. The van der Waals surface area contributed by atoms with Crippen LogP contribution >= 0.6 is 11.3 Å². The van der Waals surface area contributed by atoms with Gasteiger partial charge in [0, 0.05) is 6.92 Å². The fourth-order valence-corrected chi connectivity index (χ4v) is 4.96. The molecule has 0 N–H and O–H groups in total. The number of fused-ring (bicyclic) bond motifs is 1. The third-order valence-corrected chi connectivity index (χ3v) is 6.44. The molecule has 8 nitrogen and oxygen atoms in total. The fourth-order valence-electron chi connectivity index (χ4n) is 3.91. The van der Waals surface area contributed by atoms with Gasteiger partial charge in [0.25, 0.3) is 5.56 Å². The Kier molecular flexibility index (Phi) is 7.21. The standard InChI is InChI=1S/C27H26N2O6S/c1-15(2)34-26(32)23-16(3)28-27-29(24(23)19-8-12-20(33-5)13-9-19)25(31)22(36-27)14-18-6-10-21(11-7-18)35-17(4)30/h6-15,24H,1-5H3/b22-14-/t24-/m1/s1. The molecule has 1 atom stereocenters. The van der Waals surface area contributed by atoms with Gasteiger partial charge in [0.2, 0.25) is 0 Å². The number of methoxy groups -OCH3 is 1. The zero-order valence-corrected chi connectivity index (χ0v) is 21.4. The molecule has 0 bridgehead atoms. The molecule has 36 heavy (non-hydrogen) atoms. The van der Waals surface area contributed by atoms with Crippen molar-refractivity contribution in [1.82, 2.24) is 4.57 Å². The van der Waals surface area contributed by atoms with E-state index < -0.39 is 18.0 Å². The van der Waals surface area contributed by atoms with E-state index in [0.29, 0.717) is 32.1 Å². The van der Waals surface area contributed by atoms with Crippen LogP contribution in [0.15, 0.2) is 69.6 Å². The second kappa shape index (κ2) is 10.3. The summed E-state index contributed by atoms with van der Waals surface area (Å²) >= 11 is 1.24. The summed E-state index contributed by atoms with van der Waals surface area (Å²) in [6.07, 6.45) is 1.42. The van der Waals surface area contributed by atoms with Crippen molar-refractivity contribution in [3.8, 4) is 11.5 Å². The van der Waals surface area contributed by atoms with Gasteiger partial charge in [0.15, 0.2) is 4.80 Å². The quantitative estimate of drug-likeness (QED) is 0.377. The van der Waals surface area contributed by atoms with E-state index in [-0.39, 0.29) is 11.7 Å². The van der Waals surface area contributed by atoms with Gasteiger partial charge in [0.1, 0.15) is 11.5 Å². The molecular formula is C27H26N2O6S. The second-order valence-corrected chi connectivity index (χ2v) is 9.48. The van der Waals surface area contributed by atoms with E-state index in [9.17, 15) is 14.4 Å². The Balaban J connectivity index is 1.85. The van der Waals surface area contributed by atoms with Crippen LogP contribution in [0.4, 0.5) is 0 Å². The van der Waals surface area contributed by atoms with Gasteiger partial charge in [-0.2, -0.15) is 0 Å². The van der Waals surface area contributed by atoms with E-state index in [1.165, 1.54) is 22.8 Å². The second-order valence-electron chi connectivity index (χ2n) is 8.47. The van der Waals surface area contributed by atoms with Crippen molar-refractivity contribution in [3.63, 3.8) is 0 Å². The Bertz CT molecular complexity index is 1510. The maximum Gasteiger partial charge on any atom is 0.338 e. The predicted octanol–water partition coefficient (Wildman–Crippen LogP) is 3.12. The van der Waals surface area contributed by atoms with Gasteiger partial charge >= 0.3 is 11.9 Å². The highest BCUT2D eigenvalue weighted by Crippen LogP contribution is 2.31. The Morgan fingerprint density at radius 1 is 1.06 bits per heavy atom. The summed E-state index contributed by atoms with van der Waals surface area (Å²) in [5.74, 6) is 0.166. The molecule has 4 rings (SSSR count). The Labute approximate surface area is 211 Å². The molecule has 1 aliphatic rings. The average molecular weight is 507 g/mol. The maximum atomic E-state index is 13.6. The van der Waals surface area contributed by atoms with Gasteiger partial charge < -0.3 is 14.2 Å². The first-order valence-electron chi connectivity index (χ1n) is 11.3.